The van der Waals surface area contributed by atoms with E-state index in [1.54, 1.807) is 0 Å². The molecule has 108 valence electrons. The summed E-state index contributed by atoms with van der Waals surface area (Å²) in [7, 11) is 2.04. The van der Waals surface area contributed by atoms with E-state index in [9.17, 15) is 4.79 Å². The van der Waals surface area contributed by atoms with E-state index >= 15 is 0 Å². The Balaban J connectivity index is 4.85. The number of likely N-dealkylation sites (N-methyl/N-ethyl adjacent to an activating group) is 1. The first-order valence-electron chi connectivity index (χ1n) is 6.68. The zero-order chi connectivity index (χ0) is 14.7. The molecule has 0 aromatic heterocycles. The largest absolute Gasteiger partial charge is 0.368 e. The molecular formula is C14H31N3O. The Labute approximate surface area is 112 Å². The monoisotopic (exact) mass is 257 g/mol. The van der Waals surface area contributed by atoms with Gasteiger partial charge in [-0.05, 0) is 40.2 Å². The molecule has 0 aliphatic rings. The highest BCUT2D eigenvalue weighted by Gasteiger charge is 2.35. The van der Waals surface area contributed by atoms with Crippen molar-refractivity contribution in [3.05, 3.63) is 0 Å². The lowest BCUT2D eigenvalue weighted by Gasteiger charge is -2.40. The lowest BCUT2D eigenvalue weighted by Crippen LogP contribution is -2.62. The summed E-state index contributed by atoms with van der Waals surface area (Å²) >= 11 is 0. The van der Waals surface area contributed by atoms with Crippen LogP contribution >= 0.6 is 0 Å². The molecule has 0 heterocycles. The van der Waals surface area contributed by atoms with Crippen molar-refractivity contribution in [1.82, 2.24) is 10.2 Å². The Bertz CT molecular complexity index is 283. The number of nitrogens with one attached hydrogen (secondary N) is 1. The minimum Gasteiger partial charge on any atom is -0.368 e. The Kier molecular flexibility index (Phi) is 5.82. The van der Waals surface area contributed by atoms with E-state index in [2.05, 4.69) is 37.9 Å². The fourth-order valence-electron chi connectivity index (χ4n) is 2.13. The predicted octanol–water partition coefficient (Wildman–Crippen LogP) is 1.59. The quantitative estimate of drug-likeness (QED) is 0.760. The molecule has 0 bridgehead atoms. The van der Waals surface area contributed by atoms with E-state index < -0.39 is 5.54 Å². The maximum absolute atomic E-state index is 11.7. The van der Waals surface area contributed by atoms with Crippen LogP contribution in [0.3, 0.4) is 0 Å². The van der Waals surface area contributed by atoms with Gasteiger partial charge in [0.1, 0.15) is 5.54 Å². The second-order valence-corrected chi connectivity index (χ2v) is 6.95. The number of carbonyl (C=O) groups excluding carboxylic acids is 1. The van der Waals surface area contributed by atoms with Gasteiger partial charge in [0.15, 0.2) is 0 Å². The van der Waals surface area contributed by atoms with Crippen LogP contribution in [-0.2, 0) is 4.79 Å². The molecule has 3 N–H and O–H groups in total. The standard InChI is InChI=1S/C14H31N3O/c1-10(2)16-14(7,12(15)18)9-17(8)11(3)13(4,5)6/h10-11,16H,9H2,1-8H3,(H2,15,18). The fourth-order valence-corrected chi connectivity index (χ4v) is 2.13. The molecule has 0 saturated carbocycles. The van der Waals surface area contributed by atoms with Crippen LogP contribution in [0.1, 0.15) is 48.5 Å². The Morgan fingerprint density at radius 1 is 1.22 bits per heavy atom. The second kappa shape index (κ2) is 6.02. The van der Waals surface area contributed by atoms with Crippen molar-refractivity contribution in [2.24, 2.45) is 11.1 Å². The Hall–Kier alpha value is -0.610. The Morgan fingerprint density at radius 3 is 1.94 bits per heavy atom. The molecule has 0 rings (SSSR count). The number of carbonyl (C=O) groups is 1. The maximum Gasteiger partial charge on any atom is 0.238 e. The topological polar surface area (TPSA) is 58.4 Å². The van der Waals surface area contributed by atoms with Gasteiger partial charge in [0.05, 0.1) is 0 Å². The number of hydrogen-bond acceptors (Lipinski definition) is 3. The second-order valence-electron chi connectivity index (χ2n) is 6.95. The third kappa shape index (κ3) is 4.94. The van der Waals surface area contributed by atoms with Crippen molar-refractivity contribution < 1.29 is 4.79 Å². The van der Waals surface area contributed by atoms with Gasteiger partial charge in [-0.2, -0.15) is 0 Å². The number of nitrogens with zero attached hydrogens (tertiary/aromatic N) is 1. The predicted molar refractivity (Wildman–Crippen MR) is 77.4 cm³/mol. The van der Waals surface area contributed by atoms with Crippen LogP contribution < -0.4 is 11.1 Å². The molecule has 2 unspecified atom stereocenters. The van der Waals surface area contributed by atoms with Gasteiger partial charge in [-0.25, -0.2) is 0 Å². The summed E-state index contributed by atoms with van der Waals surface area (Å²) in [6.07, 6.45) is 0. The normalized spacial score (nSPS) is 17.9. The summed E-state index contributed by atoms with van der Waals surface area (Å²) in [6, 6.07) is 0.589. The lowest BCUT2D eigenvalue weighted by molar-refractivity contribution is -0.125. The van der Waals surface area contributed by atoms with E-state index in [1.165, 1.54) is 0 Å². The van der Waals surface area contributed by atoms with Crippen molar-refractivity contribution >= 4 is 5.91 Å². The number of amides is 1. The molecule has 0 aromatic carbocycles. The first kappa shape index (κ1) is 17.4. The van der Waals surface area contributed by atoms with E-state index in [1.807, 2.05) is 27.8 Å². The van der Waals surface area contributed by atoms with Crippen LogP contribution in [0.25, 0.3) is 0 Å². The van der Waals surface area contributed by atoms with Crippen LogP contribution in [0.5, 0.6) is 0 Å². The van der Waals surface area contributed by atoms with Crippen molar-refractivity contribution in [2.45, 2.75) is 66.1 Å². The zero-order valence-corrected chi connectivity index (χ0v) is 13.3. The maximum atomic E-state index is 11.7. The van der Waals surface area contributed by atoms with Crippen LogP contribution in [0.2, 0.25) is 0 Å². The molecule has 0 spiro atoms. The third-order valence-electron chi connectivity index (χ3n) is 3.63. The summed E-state index contributed by atoms with van der Waals surface area (Å²) in [6.45, 7) is 15.3. The Morgan fingerprint density at radius 2 is 1.67 bits per heavy atom. The average molecular weight is 257 g/mol. The van der Waals surface area contributed by atoms with Crippen LogP contribution in [0.15, 0.2) is 0 Å². The molecular weight excluding hydrogens is 226 g/mol. The molecule has 4 heteroatoms. The van der Waals surface area contributed by atoms with Gasteiger partial charge in [0.25, 0.3) is 0 Å². The summed E-state index contributed by atoms with van der Waals surface area (Å²) in [5, 5.41) is 3.28. The summed E-state index contributed by atoms with van der Waals surface area (Å²) in [5.74, 6) is -0.302. The van der Waals surface area contributed by atoms with E-state index in [4.69, 9.17) is 5.73 Å². The molecule has 0 aliphatic heterocycles. The molecule has 4 nitrogen and oxygen atoms in total. The fraction of sp³-hybridized carbons (Fsp3) is 0.929. The molecule has 2 atom stereocenters. The average Bonchev–Trinajstić information content (AvgIpc) is 2.13. The third-order valence-corrected chi connectivity index (χ3v) is 3.63. The van der Waals surface area contributed by atoms with Crippen molar-refractivity contribution in [1.29, 1.82) is 0 Å². The van der Waals surface area contributed by atoms with E-state index in [-0.39, 0.29) is 17.4 Å². The number of rotatable bonds is 6. The van der Waals surface area contributed by atoms with Gasteiger partial charge in [-0.15, -0.1) is 0 Å². The molecule has 0 saturated heterocycles. The summed E-state index contributed by atoms with van der Waals surface area (Å²) < 4.78 is 0. The minimum absolute atomic E-state index is 0.172. The number of primary amides is 1. The summed E-state index contributed by atoms with van der Waals surface area (Å²) in [5.41, 5.74) is 5.03. The van der Waals surface area contributed by atoms with Crippen molar-refractivity contribution in [3.8, 4) is 0 Å². The van der Waals surface area contributed by atoms with Gasteiger partial charge < -0.3 is 16.0 Å². The van der Waals surface area contributed by atoms with Crippen molar-refractivity contribution in [2.75, 3.05) is 13.6 Å². The smallest absolute Gasteiger partial charge is 0.238 e. The summed E-state index contributed by atoms with van der Waals surface area (Å²) in [4.78, 5) is 13.9. The molecule has 1 amide bonds. The lowest BCUT2D eigenvalue weighted by atomic mass is 9.86. The molecule has 0 fully saturated rings. The highest BCUT2D eigenvalue weighted by atomic mass is 16.1. The van der Waals surface area contributed by atoms with Gasteiger partial charge in [-0.3, -0.25) is 4.79 Å². The van der Waals surface area contributed by atoms with Gasteiger partial charge >= 0.3 is 0 Å². The van der Waals surface area contributed by atoms with Gasteiger partial charge in [0.2, 0.25) is 5.91 Å². The van der Waals surface area contributed by atoms with Gasteiger partial charge in [-0.1, -0.05) is 20.8 Å². The molecule has 0 radical (unpaired) electrons. The first-order chi connectivity index (χ1) is 7.90. The van der Waals surface area contributed by atoms with Crippen molar-refractivity contribution in [3.63, 3.8) is 0 Å². The highest BCUT2D eigenvalue weighted by molar-refractivity contribution is 5.84. The molecule has 0 aromatic rings. The minimum atomic E-state index is -0.692. The van der Waals surface area contributed by atoms with E-state index in [0.29, 0.717) is 12.6 Å². The van der Waals surface area contributed by atoms with Crippen LogP contribution in [0, 0.1) is 5.41 Å². The van der Waals surface area contributed by atoms with Crippen LogP contribution in [-0.4, -0.2) is 42.0 Å². The molecule has 0 aliphatic carbocycles. The SMILES string of the molecule is CC(C)NC(C)(CN(C)C(C)C(C)(C)C)C(N)=O. The first-order valence-corrected chi connectivity index (χ1v) is 6.68. The van der Waals surface area contributed by atoms with E-state index in [0.717, 1.165) is 0 Å². The van der Waals surface area contributed by atoms with Crippen LogP contribution in [0.4, 0.5) is 0 Å². The zero-order valence-electron chi connectivity index (χ0n) is 13.3. The number of nitrogens with two attached hydrogens (primary N) is 1. The number of hydrogen-bond donors (Lipinski definition) is 2. The highest BCUT2D eigenvalue weighted by Crippen LogP contribution is 2.24. The van der Waals surface area contributed by atoms with Gasteiger partial charge in [0, 0.05) is 18.6 Å². The molecule has 18 heavy (non-hydrogen) atoms.